The van der Waals surface area contributed by atoms with E-state index in [4.69, 9.17) is 0 Å². The molecular weight excluding hydrogens is 114 g/mol. The van der Waals surface area contributed by atoms with E-state index in [9.17, 15) is 5.11 Å². The van der Waals surface area contributed by atoms with Gasteiger partial charge in [0.2, 0.25) is 0 Å². The smallest absolute Gasteiger partial charge is 0.0992 e. The van der Waals surface area contributed by atoms with Crippen LogP contribution in [0.25, 0.3) is 0 Å². The van der Waals surface area contributed by atoms with Gasteiger partial charge in [-0.3, -0.25) is 4.99 Å². The van der Waals surface area contributed by atoms with Gasteiger partial charge in [-0.25, -0.2) is 0 Å². The second-order valence-electron chi connectivity index (χ2n) is 2.70. The molecule has 2 nitrogen and oxygen atoms in total. The Hall–Kier alpha value is -0.370. The predicted molar refractivity (Wildman–Crippen MR) is 37.8 cm³/mol. The monoisotopic (exact) mass is 127 g/mol. The highest BCUT2D eigenvalue weighted by Crippen LogP contribution is 2.27. The molecule has 0 bridgehead atoms. The third-order valence-corrected chi connectivity index (χ3v) is 1.84. The van der Waals surface area contributed by atoms with Crippen molar-refractivity contribution in [2.75, 3.05) is 7.05 Å². The van der Waals surface area contributed by atoms with Crippen LogP contribution >= 0.6 is 0 Å². The van der Waals surface area contributed by atoms with Gasteiger partial charge in [-0.1, -0.05) is 12.8 Å². The zero-order chi connectivity index (χ0) is 6.74. The first-order valence-electron chi connectivity index (χ1n) is 3.42. The summed E-state index contributed by atoms with van der Waals surface area (Å²) < 4.78 is 0. The van der Waals surface area contributed by atoms with Gasteiger partial charge >= 0.3 is 0 Å². The van der Waals surface area contributed by atoms with E-state index in [2.05, 4.69) is 4.99 Å². The van der Waals surface area contributed by atoms with E-state index in [-0.39, 0.29) is 0 Å². The van der Waals surface area contributed by atoms with Crippen LogP contribution < -0.4 is 0 Å². The van der Waals surface area contributed by atoms with E-state index in [0.29, 0.717) is 0 Å². The lowest BCUT2D eigenvalue weighted by Crippen LogP contribution is -2.25. The Kier molecular flexibility index (Phi) is 1.86. The van der Waals surface area contributed by atoms with Gasteiger partial charge in [-0.05, 0) is 12.8 Å². The van der Waals surface area contributed by atoms with Gasteiger partial charge in [0.15, 0.2) is 0 Å². The summed E-state index contributed by atoms with van der Waals surface area (Å²) in [6.45, 7) is 0. The SMILES string of the molecule is CN=CC1(O)CCCC1. The van der Waals surface area contributed by atoms with Gasteiger partial charge in [0.1, 0.15) is 0 Å². The van der Waals surface area contributed by atoms with Crippen molar-refractivity contribution in [1.29, 1.82) is 0 Å². The second kappa shape index (κ2) is 2.48. The summed E-state index contributed by atoms with van der Waals surface area (Å²) in [6.07, 6.45) is 5.74. The molecule has 0 saturated heterocycles. The van der Waals surface area contributed by atoms with Crippen LogP contribution in [-0.2, 0) is 0 Å². The molecule has 0 aliphatic heterocycles. The number of hydrogen-bond acceptors (Lipinski definition) is 2. The van der Waals surface area contributed by atoms with E-state index in [1.807, 2.05) is 0 Å². The van der Waals surface area contributed by atoms with Crippen molar-refractivity contribution in [1.82, 2.24) is 0 Å². The summed E-state index contributed by atoms with van der Waals surface area (Å²) in [7, 11) is 1.70. The van der Waals surface area contributed by atoms with Crippen molar-refractivity contribution < 1.29 is 5.11 Å². The highest BCUT2D eigenvalue weighted by Gasteiger charge is 2.28. The molecule has 0 aromatic heterocycles. The summed E-state index contributed by atoms with van der Waals surface area (Å²) in [5.41, 5.74) is -0.547. The highest BCUT2D eigenvalue weighted by molar-refractivity contribution is 5.68. The van der Waals surface area contributed by atoms with Gasteiger partial charge in [-0.2, -0.15) is 0 Å². The van der Waals surface area contributed by atoms with E-state index >= 15 is 0 Å². The minimum Gasteiger partial charge on any atom is -0.384 e. The third-order valence-electron chi connectivity index (χ3n) is 1.84. The summed E-state index contributed by atoms with van der Waals surface area (Å²) in [6, 6.07) is 0. The Morgan fingerprint density at radius 3 is 2.44 bits per heavy atom. The van der Waals surface area contributed by atoms with Gasteiger partial charge in [0.05, 0.1) is 5.60 Å². The molecule has 1 aliphatic rings. The molecule has 1 rings (SSSR count). The van der Waals surface area contributed by atoms with E-state index in [1.54, 1.807) is 13.3 Å². The standard InChI is InChI=1S/C7H13NO/c1-8-6-7(9)4-2-3-5-7/h6,9H,2-5H2,1H3. The Morgan fingerprint density at radius 1 is 1.44 bits per heavy atom. The Morgan fingerprint density at radius 2 is 2.00 bits per heavy atom. The summed E-state index contributed by atoms with van der Waals surface area (Å²) in [5.74, 6) is 0. The molecule has 52 valence electrons. The fraction of sp³-hybridized carbons (Fsp3) is 0.857. The number of aliphatic hydroxyl groups is 1. The van der Waals surface area contributed by atoms with Crippen LogP contribution in [0.2, 0.25) is 0 Å². The summed E-state index contributed by atoms with van der Waals surface area (Å²) >= 11 is 0. The molecule has 2 heteroatoms. The number of aliphatic imine (C=N–C) groups is 1. The maximum absolute atomic E-state index is 9.54. The molecule has 0 unspecified atom stereocenters. The summed E-state index contributed by atoms with van der Waals surface area (Å²) in [5, 5.41) is 9.54. The minimum atomic E-state index is -0.547. The zero-order valence-corrected chi connectivity index (χ0v) is 5.80. The van der Waals surface area contributed by atoms with Crippen molar-refractivity contribution >= 4 is 6.21 Å². The highest BCUT2D eigenvalue weighted by atomic mass is 16.3. The molecule has 0 aromatic rings. The fourth-order valence-corrected chi connectivity index (χ4v) is 1.36. The minimum absolute atomic E-state index is 0.547. The maximum Gasteiger partial charge on any atom is 0.0992 e. The first-order valence-corrected chi connectivity index (χ1v) is 3.42. The number of hydrogen-bond donors (Lipinski definition) is 1. The Labute approximate surface area is 55.6 Å². The van der Waals surface area contributed by atoms with E-state index in [1.165, 1.54) is 0 Å². The average molecular weight is 127 g/mol. The maximum atomic E-state index is 9.54. The molecule has 1 aliphatic carbocycles. The lowest BCUT2D eigenvalue weighted by atomic mass is 10.1. The van der Waals surface area contributed by atoms with Gasteiger partial charge < -0.3 is 5.11 Å². The molecule has 1 N–H and O–H groups in total. The molecule has 0 radical (unpaired) electrons. The van der Waals surface area contributed by atoms with Crippen LogP contribution in [0.5, 0.6) is 0 Å². The molecule has 0 heterocycles. The fourth-order valence-electron chi connectivity index (χ4n) is 1.36. The largest absolute Gasteiger partial charge is 0.384 e. The molecule has 9 heavy (non-hydrogen) atoms. The van der Waals surface area contributed by atoms with Crippen LogP contribution in [0.3, 0.4) is 0 Å². The lowest BCUT2D eigenvalue weighted by molar-refractivity contribution is 0.125. The summed E-state index contributed by atoms with van der Waals surface area (Å²) in [4.78, 5) is 3.81. The molecular formula is C7H13NO. The van der Waals surface area contributed by atoms with Gasteiger partial charge in [0.25, 0.3) is 0 Å². The quantitative estimate of drug-likeness (QED) is 0.523. The van der Waals surface area contributed by atoms with Crippen LogP contribution in [0.1, 0.15) is 25.7 Å². The van der Waals surface area contributed by atoms with Crippen molar-refractivity contribution in [3.8, 4) is 0 Å². The van der Waals surface area contributed by atoms with Crippen molar-refractivity contribution in [2.24, 2.45) is 4.99 Å². The van der Waals surface area contributed by atoms with Gasteiger partial charge in [0, 0.05) is 13.3 Å². The van der Waals surface area contributed by atoms with Crippen molar-refractivity contribution in [3.63, 3.8) is 0 Å². The second-order valence-corrected chi connectivity index (χ2v) is 2.70. The molecule has 1 saturated carbocycles. The molecule has 0 amide bonds. The molecule has 0 aromatic carbocycles. The first-order chi connectivity index (χ1) is 4.27. The van der Waals surface area contributed by atoms with E-state index < -0.39 is 5.60 Å². The molecule has 1 fully saturated rings. The normalized spacial score (nSPS) is 25.6. The van der Waals surface area contributed by atoms with E-state index in [0.717, 1.165) is 25.7 Å². The number of nitrogens with zero attached hydrogens (tertiary/aromatic N) is 1. The van der Waals surface area contributed by atoms with Crippen molar-refractivity contribution in [2.45, 2.75) is 31.3 Å². The van der Waals surface area contributed by atoms with Crippen LogP contribution in [0.15, 0.2) is 4.99 Å². The Bertz CT molecular complexity index is 114. The van der Waals surface area contributed by atoms with Crippen molar-refractivity contribution in [3.05, 3.63) is 0 Å². The zero-order valence-electron chi connectivity index (χ0n) is 5.80. The Balaban J connectivity index is 2.51. The lowest BCUT2D eigenvalue weighted by Gasteiger charge is -2.14. The van der Waals surface area contributed by atoms with Gasteiger partial charge in [-0.15, -0.1) is 0 Å². The molecule has 0 spiro atoms. The predicted octanol–water partition coefficient (Wildman–Crippen LogP) is 0.992. The van der Waals surface area contributed by atoms with Crippen LogP contribution in [0, 0.1) is 0 Å². The third kappa shape index (κ3) is 1.52. The number of rotatable bonds is 1. The van der Waals surface area contributed by atoms with Crippen LogP contribution in [0.4, 0.5) is 0 Å². The first kappa shape index (κ1) is 6.75. The van der Waals surface area contributed by atoms with Crippen LogP contribution in [-0.4, -0.2) is 24.0 Å². The topological polar surface area (TPSA) is 32.6 Å². The molecule has 0 atom stereocenters. The average Bonchev–Trinajstić information content (AvgIpc) is 2.16.